The number of hydrogen-bond donors (Lipinski definition) is 0. The molecule has 142 valence electrons. The lowest BCUT2D eigenvalue weighted by Crippen LogP contribution is -2.41. The van der Waals surface area contributed by atoms with E-state index in [9.17, 15) is 0 Å². The van der Waals surface area contributed by atoms with Crippen LogP contribution in [0.3, 0.4) is 0 Å². The number of pyridine rings is 1. The molecule has 5 heteroatoms. The second-order valence-corrected chi connectivity index (χ2v) is 8.06. The van der Waals surface area contributed by atoms with Crippen LogP contribution in [0.4, 0.5) is 11.4 Å². The van der Waals surface area contributed by atoms with Gasteiger partial charge in [0.15, 0.2) is 5.69 Å². The zero-order valence-corrected chi connectivity index (χ0v) is 16.6. The molecule has 2 heterocycles. The molecule has 1 aromatic heterocycles. The lowest BCUT2D eigenvalue weighted by Gasteiger charge is -2.40. The van der Waals surface area contributed by atoms with Crippen molar-refractivity contribution in [2.45, 2.75) is 19.8 Å². The molecule has 3 aromatic rings. The van der Waals surface area contributed by atoms with E-state index >= 15 is 0 Å². The van der Waals surface area contributed by atoms with Crippen LogP contribution in [0.15, 0.2) is 54.9 Å². The SMILES string of the molecule is [C-]#[N+]c1ccc2ccc(OCC3(C)CCN(c4ccncc4)CC3)c(Cl)c2c1. The van der Waals surface area contributed by atoms with Crippen molar-refractivity contribution in [1.82, 2.24) is 4.98 Å². The van der Waals surface area contributed by atoms with Gasteiger partial charge in [-0.3, -0.25) is 4.98 Å². The molecule has 0 saturated carbocycles. The minimum absolute atomic E-state index is 0.111. The molecule has 1 fully saturated rings. The van der Waals surface area contributed by atoms with Crippen molar-refractivity contribution >= 4 is 33.7 Å². The second-order valence-electron chi connectivity index (χ2n) is 7.69. The van der Waals surface area contributed by atoms with E-state index < -0.39 is 0 Å². The van der Waals surface area contributed by atoms with Crippen LogP contribution >= 0.6 is 11.6 Å². The van der Waals surface area contributed by atoms with Crippen LogP contribution in [0.5, 0.6) is 5.75 Å². The third kappa shape index (κ3) is 3.76. The van der Waals surface area contributed by atoms with Crippen LogP contribution in [0.2, 0.25) is 5.02 Å². The van der Waals surface area contributed by atoms with Gasteiger partial charge in [0, 0.05) is 36.6 Å². The number of rotatable bonds is 4. The van der Waals surface area contributed by atoms with Crippen LogP contribution in [-0.2, 0) is 0 Å². The molecule has 0 spiro atoms. The maximum Gasteiger partial charge on any atom is 0.187 e. The molecular formula is C23H22ClN3O. The summed E-state index contributed by atoms with van der Waals surface area (Å²) in [5, 5.41) is 2.47. The summed E-state index contributed by atoms with van der Waals surface area (Å²) in [5.41, 5.74) is 1.92. The molecule has 0 bridgehead atoms. The van der Waals surface area contributed by atoms with Gasteiger partial charge in [-0.1, -0.05) is 36.7 Å². The predicted molar refractivity (Wildman–Crippen MR) is 115 cm³/mol. The first-order valence-corrected chi connectivity index (χ1v) is 9.83. The number of piperidine rings is 1. The van der Waals surface area contributed by atoms with Gasteiger partial charge in [-0.25, -0.2) is 4.85 Å². The van der Waals surface area contributed by atoms with E-state index in [-0.39, 0.29) is 5.41 Å². The van der Waals surface area contributed by atoms with Gasteiger partial charge in [-0.15, -0.1) is 0 Å². The Morgan fingerprint density at radius 3 is 2.57 bits per heavy atom. The summed E-state index contributed by atoms with van der Waals surface area (Å²) in [5.74, 6) is 0.689. The van der Waals surface area contributed by atoms with Gasteiger partial charge in [-0.05, 0) is 47.9 Å². The van der Waals surface area contributed by atoms with Crippen LogP contribution in [0.25, 0.3) is 15.6 Å². The second kappa shape index (κ2) is 7.69. The zero-order chi connectivity index (χ0) is 19.6. The fourth-order valence-electron chi connectivity index (χ4n) is 3.69. The highest BCUT2D eigenvalue weighted by Crippen LogP contribution is 2.38. The average molecular weight is 392 g/mol. The summed E-state index contributed by atoms with van der Waals surface area (Å²) >= 11 is 6.59. The molecule has 0 radical (unpaired) electrons. The topological polar surface area (TPSA) is 29.7 Å². The molecule has 0 N–H and O–H groups in total. The van der Waals surface area contributed by atoms with Crippen molar-refractivity contribution in [3.05, 3.63) is 71.3 Å². The third-order valence-corrected chi connectivity index (χ3v) is 6.00. The third-order valence-electron chi connectivity index (χ3n) is 5.61. The molecule has 1 aliphatic rings. The minimum atomic E-state index is 0.111. The van der Waals surface area contributed by atoms with Crippen molar-refractivity contribution in [2.75, 3.05) is 24.6 Å². The Morgan fingerprint density at radius 1 is 1.14 bits per heavy atom. The Labute approximate surface area is 170 Å². The van der Waals surface area contributed by atoms with Gasteiger partial charge in [0.25, 0.3) is 0 Å². The monoisotopic (exact) mass is 391 g/mol. The largest absolute Gasteiger partial charge is 0.491 e. The van der Waals surface area contributed by atoms with Gasteiger partial charge in [0.05, 0.1) is 18.2 Å². The Morgan fingerprint density at radius 2 is 1.86 bits per heavy atom. The standard InChI is InChI=1S/C23H22ClN3O/c1-23(9-13-27(14-10-23)19-7-11-26-12-8-19)16-28-21-6-4-17-3-5-18(25-2)15-20(17)22(21)24/h3-8,11-12,15H,9-10,13-14,16H2,1H3. The fourth-order valence-corrected chi connectivity index (χ4v) is 3.97. The van der Waals surface area contributed by atoms with E-state index in [1.807, 2.05) is 42.7 Å². The molecule has 2 aromatic carbocycles. The molecule has 4 rings (SSSR count). The molecule has 0 aliphatic carbocycles. The summed E-state index contributed by atoms with van der Waals surface area (Å²) < 4.78 is 6.16. The minimum Gasteiger partial charge on any atom is -0.491 e. The van der Waals surface area contributed by atoms with E-state index in [0.29, 0.717) is 23.1 Å². The number of aromatic nitrogens is 1. The average Bonchev–Trinajstić information content (AvgIpc) is 2.74. The summed E-state index contributed by atoms with van der Waals surface area (Å²) in [6.45, 7) is 12.1. The number of hydrogen-bond acceptors (Lipinski definition) is 3. The number of anilines is 1. The quantitative estimate of drug-likeness (QED) is 0.501. The van der Waals surface area contributed by atoms with Gasteiger partial charge < -0.3 is 9.64 Å². The van der Waals surface area contributed by atoms with E-state index in [4.69, 9.17) is 22.9 Å². The van der Waals surface area contributed by atoms with Crippen molar-refractivity contribution in [3.8, 4) is 5.75 Å². The van der Waals surface area contributed by atoms with E-state index in [1.54, 1.807) is 0 Å². The number of ether oxygens (including phenoxy) is 1. The van der Waals surface area contributed by atoms with Crippen LogP contribution < -0.4 is 9.64 Å². The molecule has 28 heavy (non-hydrogen) atoms. The number of benzene rings is 2. The normalized spacial score (nSPS) is 16.0. The number of nitrogens with zero attached hydrogens (tertiary/aromatic N) is 3. The Balaban J connectivity index is 1.44. The van der Waals surface area contributed by atoms with E-state index in [2.05, 4.69) is 33.8 Å². The molecule has 1 aliphatic heterocycles. The smallest absolute Gasteiger partial charge is 0.187 e. The molecule has 0 unspecified atom stereocenters. The highest BCUT2D eigenvalue weighted by molar-refractivity contribution is 6.37. The highest BCUT2D eigenvalue weighted by atomic mass is 35.5. The molecule has 4 nitrogen and oxygen atoms in total. The molecule has 0 atom stereocenters. The van der Waals surface area contributed by atoms with Crippen LogP contribution in [0, 0.1) is 12.0 Å². The van der Waals surface area contributed by atoms with Crippen molar-refractivity contribution in [2.24, 2.45) is 5.41 Å². The molecular weight excluding hydrogens is 370 g/mol. The highest BCUT2D eigenvalue weighted by Gasteiger charge is 2.31. The first-order chi connectivity index (χ1) is 13.6. The molecule has 1 saturated heterocycles. The summed E-state index contributed by atoms with van der Waals surface area (Å²) in [4.78, 5) is 9.99. The maximum absolute atomic E-state index is 7.21. The zero-order valence-electron chi connectivity index (χ0n) is 15.9. The Bertz CT molecular complexity index is 1020. The lowest BCUT2D eigenvalue weighted by molar-refractivity contribution is 0.131. The van der Waals surface area contributed by atoms with Crippen molar-refractivity contribution < 1.29 is 4.74 Å². The van der Waals surface area contributed by atoms with E-state index in [1.165, 1.54) is 5.69 Å². The fraction of sp³-hybridized carbons (Fsp3) is 0.304. The van der Waals surface area contributed by atoms with Crippen molar-refractivity contribution in [3.63, 3.8) is 0 Å². The van der Waals surface area contributed by atoms with Crippen LogP contribution in [-0.4, -0.2) is 24.7 Å². The van der Waals surface area contributed by atoms with Gasteiger partial charge in [0.2, 0.25) is 0 Å². The summed E-state index contributed by atoms with van der Waals surface area (Å²) in [7, 11) is 0. The van der Waals surface area contributed by atoms with Gasteiger partial charge >= 0.3 is 0 Å². The first-order valence-electron chi connectivity index (χ1n) is 9.45. The maximum atomic E-state index is 7.21. The Hall–Kier alpha value is -2.77. The number of halogens is 1. The van der Waals surface area contributed by atoms with Crippen LogP contribution in [0.1, 0.15) is 19.8 Å². The van der Waals surface area contributed by atoms with Gasteiger partial charge in [0.1, 0.15) is 5.75 Å². The van der Waals surface area contributed by atoms with E-state index in [0.717, 1.165) is 36.7 Å². The van der Waals surface area contributed by atoms with Crippen molar-refractivity contribution in [1.29, 1.82) is 0 Å². The molecule has 0 amide bonds. The number of fused-ring (bicyclic) bond motifs is 1. The first kappa shape index (κ1) is 18.6. The predicted octanol–water partition coefficient (Wildman–Crippen LogP) is 6.12. The lowest BCUT2D eigenvalue weighted by atomic mass is 9.81. The summed E-state index contributed by atoms with van der Waals surface area (Å²) in [6, 6.07) is 13.6. The Kier molecular flexibility index (Phi) is 5.11. The van der Waals surface area contributed by atoms with Gasteiger partial charge in [-0.2, -0.15) is 0 Å². The summed E-state index contributed by atoms with van der Waals surface area (Å²) in [6.07, 6.45) is 5.80.